The Labute approximate surface area is 110 Å². The van der Waals surface area contributed by atoms with Gasteiger partial charge >= 0.3 is 5.97 Å². The fourth-order valence-electron chi connectivity index (χ4n) is 1.59. The van der Waals surface area contributed by atoms with Crippen LogP contribution in [0.5, 0.6) is 0 Å². The van der Waals surface area contributed by atoms with Gasteiger partial charge in [0.25, 0.3) is 0 Å². The molecule has 1 atom stereocenters. The lowest BCUT2D eigenvalue weighted by Gasteiger charge is -2.29. The summed E-state index contributed by atoms with van der Waals surface area (Å²) in [5.74, 6) is -0.584. The van der Waals surface area contributed by atoms with Gasteiger partial charge in [-0.2, -0.15) is 0 Å². The highest BCUT2D eigenvalue weighted by atomic mass is 16.4. The number of quaternary nitrogens is 1. The third-order valence-corrected chi connectivity index (χ3v) is 3.23. The van der Waals surface area contributed by atoms with Crippen molar-refractivity contribution in [2.45, 2.75) is 33.1 Å². The first-order chi connectivity index (χ1) is 8.28. The number of aliphatic carboxylic acids is 1. The number of carboxylic acid groups (broad SMARTS) is 1. The van der Waals surface area contributed by atoms with E-state index in [0.717, 1.165) is 19.4 Å². The van der Waals surface area contributed by atoms with E-state index < -0.39 is 5.97 Å². The first kappa shape index (κ1) is 16.9. The normalized spacial score (nSPS) is 13.1. The van der Waals surface area contributed by atoms with E-state index in [1.54, 1.807) is 0 Å². The van der Waals surface area contributed by atoms with Crippen LogP contribution < -0.4 is 5.32 Å². The molecule has 0 bridgehead atoms. The largest absolute Gasteiger partial charge is 0.481 e. The van der Waals surface area contributed by atoms with Crippen LogP contribution in [0.25, 0.3) is 0 Å². The summed E-state index contributed by atoms with van der Waals surface area (Å²) < 4.78 is 0.672. The van der Waals surface area contributed by atoms with Crippen LogP contribution in [0.2, 0.25) is 0 Å². The lowest BCUT2D eigenvalue weighted by molar-refractivity contribution is -0.889. The summed E-state index contributed by atoms with van der Waals surface area (Å²) in [6.45, 7) is 6.07. The van der Waals surface area contributed by atoms with Crippen LogP contribution in [0.15, 0.2) is 0 Å². The molecule has 0 rings (SSSR count). The second-order valence-electron chi connectivity index (χ2n) is 5.48. The van der Waals surface area contributed by atoms with Gasteiger partial charge in [-0.15, -0.1) is 0 Å². The molecule has 0 aromatic heterocycles. The zero-order valence-electron chi connectivity index (χ0n) is 12.0. The molecule has 106 valence electrons. The lowest BCUT2D eigenvalue weighted by atomic mass is 10.1. The standard InChI is InChI=1S/C13H26N2O3/c1-5-11(2)13(18)14-8-6-9-15(3,4)10-7-12(16)17/h11H,5-10H2,1-4H3,(H-,14,16,17,18)/p+1. The van der Waals surface area contributed by atoms with Gasteiger partial charge in [-0.3, -0.25) is 9.59 Å². The van der Waals surface area contributed by atoms with Gasteiger partial charge in [-0.1, -0.05) is 13.8 Å². The average Bonchev–Trinajstić information content (AvgIpc) is 2.31. The molecule has 0 spiro atoms. The van der Waals surface area contributed by atoms with Crippen molar-refractivity contribution < 1.29 is 19.2 Å². The van der Waals surface area contributed by atoms with E-state index in [1.807, 2.05) is 27.9 Å². The maximum absolute atomic E-state index is 11.5. The fourth-order valence-corrected chi connectivity index (χ4v) is 1.59. The summed E-state index contributed by atoms with van der Waals surface area (Å²) >= 11 is 0. The summed E-state index contributed by atoms with van der Waals surface area (Å²) in [5, 5.41) is 11.5. The van der Waals surface area contributed by atoms with Crippen molar-refractivity contribution in [1.82, 2.24) is 5.32 Å². The molecule has 0 saturated heterocycles. The van der Waals surface area contributed by atoms with E-state index in [-0.39, 0.29) is 18.2 Å². The Balaban J connectivity index is 3.76. The SMILES string of the molecule is CCC(C)C(=O)NCCC[N+](C)(C)CCC(=O)O. The van der Waals surface area contributed by atoms with Crippen LogP contribution >= 0.6 is 0 Å². The van der Waals surface area contributed by atoms with Crippen molar-refractivity contribution in [2.24, 2.45) is 5.92 Å². The topological polar surface area (TPSA) is 66.4 Å². The van der Waals surface area contributed by atoms with Crippen LogP contribution in [0.1, 0.15) is 33.1 Å². The number of hydrogen-bond acceptors (Lipinski definition) is 2. The van der Waals surface area contributed by atoms with Crippen molar-refractivity contribution in [1.29, 1.82) is 0 Å². The summed E-state index contributed by atoms with van der Waals surface area (Å²) in [7, 11) is 4.03. The molecule has 2 N–H and O–H groups in total. The number of nitrogens with zero attached hydrogens (tertiary/aromatic N) is 1. The number of nitrogens with one attached hydrogen (secondary N) is 1. The maximum atomic E-state index is 11.5. The van der Waals surface area contributed by atoms with Crippen molar-refractivity contribution in [2.75, 3.05) is 33.7 Å². The first-order valence-electron chi connectivity index (χ1n) is 6.60. The van der Waals surface area contributed by atoms with E-state index in [0.29, 0.717) is 17.6 Å². The number of rotatable bonds is 9. The molecule has 0 aromatic rings. The van der Waals surface area contributed by atoms with Gasteiger partial charge in [0, 0.05) is 18.9 Å². The smallest absolute Gasteiger partial charge is 0.309 e. The highest BCUT2D eigenvalue weighted by Crippen LogP contribution is 2.02. The summed E-state index contributed by atoms with van der Waals surface area (Å²) in [6, 6.07) is 0. The minimum absolute atomic E-state index is 0.0690. The highest BCUT2D eigenvalue weighted by Gasteiger charge is 2.16. The zero-order chi connectivity index (χ0) is 14.2. The molecule has 0 aliphatic rings. The molecule has 0 saturated carbocycles. The number of carboxylic acids is 1. The second kappa shape index (κ2) is 8.08. The van der Waals surface area contributed by atoms with Crippen LogP contribution in [0, 0.1) is 5.92 Å². The quantitative estimate of drug-likeness (QED) is 0.481. The Morgan fingerprint density at radius 3 is 2.39 bits per heavy atom. The molecule has 5 heteroatoms. The summed E-state index contributed by atoms with van der Waals surface area (Å²) in [6.07, 6.45) is 1.91. The van der Waals surface area contributed by atoms with Crippen molar-refractivity contribution in [3.63, 3.8) is 0 Å². The average molecular weight is 259 g/mol. The number of carbonyl (C=O) groups excluding carboxylic acids is 1. The van der Waals surface area contributed by atoms with Crippen molar-refractivity contribution >= 4 is 11.9 Å². The zero-order valence-corrected chi connectivity index (χ0v) is 12.0. The van der Waals surface area contributed by atoms with E-state index in [1.165, 1.54) is 0 Å². The lowest BCUT2D eigenvalue weighted by Crippen LogP contribution is -2.43. The fraction of sp³-hybridized carbons (Fsp3) is 0.846. The molecule has 0 aliphatic carbocycles. The molecule has 0 aromatic carbocycles. The summed E-state index contributed by atoms with van der Waals surface area (Å²) in [5.41, 5.74) is 0. The molecule has 0 aliphatic heterocycles. The van der Waals surface area contributed by atoms with E-state index in [9.17, 15) is 9.59 Å². The molecule has 1 unspecified atom stereocenters. The van der Waals surface area contributed by atoms with Crippen LogP contribution in [0.4, 0.5) is 0 Å². The van der Waals surface area contributed by atoms with Gasteiger partial charge in [0.05, 0.1) is 33.6 Å². The van der Waals surface area contributed by atoms with Crippen LogP contribution in [-0.4, -0.2) is 55.2 Å². The molecule has 0 fully saturated rings. The number of hydrogen-bond donors (Lipinski definition) is 2. The van der Waals surface area contributed by atoms with Gasteiger partial charge in [0.2, 0.25) is 5.91 Å². The Morgan fingerprint density at radius 2 is 1.89 bits per heavy atom. The highest BCUT2D eigenvalue weighted by molar-refractivity contribution is 5.78. The van der Waals surface area contributed by atoms with Crippen LogP contribution in [-0.2, 0) is 9.59 Å². The molecular weight excluding hydrogens is 232 g/mol. The minimum atomic E-state index is -0.758. The molecule has 1 amide bonds. The Hall–Kier alpha value is -1.10. The van der Waals surface area contributed by atoms with Gasteiger partial charge in [-0.25, -0.2) is 0 Å². The van der Waals surface area contributed by atoms with Crippen LogP contribution in [0.3, 0.4) is 0 Å². The summed E-state index contributed by atoms with van der Waals surface area (Å²) in [4.78, 5) is 22.0. The Bertz CT molecular complexity index is 277. The van der Waals surface area contributed by atoms with Gasteiger partial charge < -0.3 is 14.9 Å². The van der Waals surface area contributed by atoms with Crippen molar-refractivity contribution in [3.8, 4) is 0 Å². The number of amides is 1. The van der Waals surface area contributed by atoms with E-state index >= 15 is 0 Å². The third kappa shape index (κ3) is 8.06. The third-order valence-electron chi connectivity index (χ3n) is 3.23. The van der Waals surface area contributed by atoms with E-state index in [4.69, 9.17) is 5.11 Å². The Morgan fingerprint density at radius 1 is 1.28 bits per heavy atom. The molecular formula is C13H27N2O3+. The first-order valence-corrected chi connectivity index (χ1v) is 6.60. The van der Waals surface area contributed by atoms with Gasteiger partial charge in [-0.05, 0) is 6.42 Å². The maximum Gasteiger partial charge on any atom is 0.309 e. The van der Waals surface area contributed by atoms with E-state index in [2.05, 4.69) is 5.32 Å². The predicted molar refractivity (Wildman–Crippen MR) is 71.2 cm³/mol. The second-order valence-corrected chi connectivity index (χ2v) is 5.48. The predicted octanol–water partition coefficient (Wildman–Crippen LogP) is 1.09. The van der Waals surface area contributed by atoms with Gasteiger partial charge in [0.1, 0.15) is 0 Å². The number of carbonyl (C=O) groups is 2. The molecule has 0 heterocycles. The van der Waals surface area contributed by atoms with Crippen molar-refractivity contribution in [3.05, 3.63) is 0 Å². The molecule has 0 radical (unpaired) electrons. The molecule has 18 heavy (non-hydrogen) atoms. The monoisotopic (exact) mass is 259 g/mol. The Kier molecular flexibility index (Phi) is 7.59. The minimum Gasteiger partial charge on any atom is -0.481 e. The molecule has 5 nitrogen and oxygen atoms in total. The van der Waals surface area contributed by atoms with Gasteiger partial charge in [0.15, 0.2) is 0 Å².